The zero-order chi connectivity index (χ0) is 12.8. The van der Waals surface area contributed by atoms with Gasteiger partial charge in [-0.15, -0.1) is 0 Å². The Labute approximate surface area is 108 Å². The molecule has 2 nitrogen and oxygen atoms in total. The highest BCUT2D eigenvalue weighted by molar-refractivity contribution is 5.97. The molecule has 1 aromatic carbocycles. The van der Waals surface area contributed by atoms with Crippen LogP contribution >= 0.6 is 0 Å². The van der Waals surface area contributed by atoms with Crippen molar-refractivity contribution < 1.29 is 4.79 Å². The summed E-state index contributed by atoms with van der Waals surface area (Å²) in [6.07, 6.45) is 4.20. The zero-order valence-corrected chi connectivity index (χ0v) is 10.6. The van der Waals surface area contributed by atoms with Gasteiger partial charge in [-0.3, -0.25) is 9.78 Å². The lowest BCUT2D eigenvalue weighted by molar-refractivity contribution is 0.0992. The van der Waals surface area contributed by atoms with E-state index in [-0.39, 0.29) is 5.78 Å². The minimum Gasteiger partial charge on any atom is -0.294 e. The van der Waals surface area contributed by atoms with Gasteiger partial charge < -0.3 is 0 Å². The minimum absolute atomic E-state index is 0.131. The number of Topliss-reactive ketones (excluding diaryl/α,β-unsaturated/α-hetero) is 1. The molecule has 0 N–H and O–H groups in total. The molecule has 0 bridgehead atoms. The van der Waals surface area contributed by atoms with Crippen molar-refractivity contribution in [3.8, 4) is 0 Å². The number of benzene rings is 1. The van der Waals surface area contributed by atoms with Crippen molar-refractivity contribution in [3.05, 3.63) is 65.5 Å². The van der Waals surface area contributed by atoms with Gasteiger partial charge in [-0.2, -0.15) is 0 Å². The third-order valence-electron chi connectivity index (χ3n) is 2.86. The number of ketones is 1. The topological polar surface area (TPSA) is 30.0 Å². The number of aromatic nitrogens is 1. The Morgan fingerprint density at radius 2 is 2.06 bits per heavy atom. The van der Waals surface area contributed by atoms with Gasteiger partial charge in [0.2, 0.25) is 0 Å². The van der Waals surface area contributed by atoms with Crippen LogP contribution in [0.25, 0.3) is 0 Å². The third kappa shape index (κ3) is 3.27. The van der Waals surface area contributed by atoms with Gasteiger partial charge in [0.1, 0.15) is 0 Å². The van der Waals surface area contributed by atoms with E-state index in [0.29, 0.717) is 6.42 Å². The number of carbonyl (C=O) groups excluding carboxylic acids is 1. The van der Waals surface area contributed by atoms with Gasteiger partial charge in [-0.05, 0) is 30.2 Å². The Morgan fingerprint density at radius 1 is 1.17 bits per heavy atom. The van der Waals surface area contributed by atoms with Gasteiger partial charge in [0.05, 0.1) is 6.42 Å². The van der Waals surface area contributed by atoms with Crippen LogP contribution in [0.4, 0.5) is 0 Å². The molecule has 92 valence electrons. The van der Waals surface area contributed by atoms with Gasteiger partial charge in [0.25, 0.3) is 0 Å². The molecule has 0 amide bonds. The van der Waals surface area contributed by atoms with Crippen LogP contribution in [0.2, 0.25) is 0 Å². The van der Waals surface area contributed by atoms with Gasteiger partial charge in [-0.1, -0.05) is 37.6 Å². The van der Waals surface area contributed by atoms with Crippen molar-refractivity contribution in [2.24, 2.45) is 0 Å². The normalized spacial score (nSPS) is 10.3. The third-order valence-corrected chi connectivity index (χ3v) is 2.86. The molecule has 0 aliphatic heterocycles. The summed E-state index contributed by atoms with van der Waals surface area (Å²) >= 11 is 0. The number of nitrogens with zero attached hydrogens (tertiary/aromatic N) is 1. The first-order chi connectivity index (χ1) is 8.79. The molecule has 0 aliphatic rings. The van der Waals surface area contributed by atoms with Crippen molar-refractivity contribution >= 4 is 5.78 Å². The van der Waals surface area contributed by atoms with Crippen molar-refractivity contribution in [2.75, 3.05) is 0 Å². The van der Waals surface area contributed by atoms with E-state index in [1.165, 1.54) is 5.56 Å². The number of hydrogen-bond donors (Lipinski definition) is 0. The average Bonchev–Trinajstić information content (AvgIpc) is 2.40. The molecule has 1 heterocycles. The van der Waals surface area contributed by atoms with Gasteiger partial charge >= 0.3 is 0 Å². The minimum atomic E-state index is 0.131. The first-order valence-corrected chi connectivity index (χ1v) is 6.31. The lowest BCUT2D eigenvalue weighted by Crippen LogP contribution is -2.05. The summed E-state index contributed by atoms with van der Waals surface area (Å²) in [7, 11) is 0. The predicted molar refractivity (Wildman–Crippen MR) is 72.7 cm³/mol. The lowest BCUT2D eigenvalue weighted by atomic mass is 10.0. The molecule has 0 saturated carbocycles. The Bertz CT molecular complexity index is 520. The summed E-state index contributed by atoms with van der Waals surface area (Å²) < 4.78 is 0. The molecule has 0 spiro atoms. The molecule has 18 heavy (non-hydrogen) atoms. The summed E-state index contributed by atoms with van der Waals surface area (Å²) in [4.78, 5) is 16.3. The van der Waals surface area contributed by atoms with Gasteiger partial charge in [-0.25, -0.2) is 0 Å². The molecule has 2 heteroatoms. The van der Waals surface area contributed by atoms with Gasteiger partial charge in [0.15, 0.2) is 5.78 Å². The maximum Gasteiger partial charge on any atom is 0.168 e. The second-order valence-electron chi connectivity index (χ2n) is 4.37. The summed E-state index contributed by atoms with van der Waals surface area (Å²) in [5.74, 6) is 0.131. The summed E-state index contributed by atoms with van der Waals surface area (Å²) in [6.45, 7) is 2.14. The average molecular weight is 239 g/mol. The van der Waals surface area contributed by atoms with Crippen LogP contribution in [0.15, 0.2) is 48.7 Å². The molecule has 0 unspecified atom stereocenters. The maximum atomic E-state index is 12.1. The highest BCUT2D eigenvalue weighted by Crippen LogP contribution is 2.10. The van der Waals surface area contributed by atoms with Crippen molar-refractivity contribution in [1.82, 2.24) is 4.98 Å². The molecule has 2 rings (SSSR count). The van der Waals surface area contributed by atoms with E-state index in [1.54, 1.807) is 6.20 Å². The molecular formula is C16H17NO. The van der Waals surface area contributed by atoms with E-state index in [2.05, 4.69) is 18.0 Å². The quantitative estimate of drug-likeness (QED) is 0.748. The number of rotatable bonds is 5. The van der Waals surface area contributed by atoms with E-state index < -0.39 is 0 Å². The highest BCUT2D eigenvalue weighted by atomic mass is 16.1. The van der Waals surface area contributed by atoms with Crippen LogP contribution in [0.3, 0.4) is 0 Å². The summed E-state index contributed by atoms with van der Waals surface area (Å²) in [5, 5.41) is 0. The Balaban J connectivity index is 2.11. The first kappa shape index (κ1) is 12.5. The summed E-state index contributed by atoms with van der Waals surface area (Å²) in [5.41, 5.74) is 2.83. The summed E-state index contributed by atoms with van der Waals surface area (Å²) in [6, 6.07) is 13.5. The first-order valence-electron chi connectivity index (χ1n) is 6.31. The standard InChI is InChI=1S/C16H17NO/c1-2-6-13-7-5-8-14(11-13)16(18)12-15-9-3-4-10-17-15/h3-5,7-11H,2,6,12H2,1H3. The molecule has 2 aromatic rings. The number of pyridine rings is 1. The predicted octanol–water partition coefficient (Wildman–Crippen LogP) is 3.46. The second kappa shape index (κ2) is 6.10. The highest BCUT2D eigenvalue weighted by Gasteiger charge is 2.08. The fourth-order valence-corrected chi connectivity index (χ4v) is 1.96. The molecule has 0 aliphatic carbocycles. The van der Waals surface area contributed by atoms with Crippen molar-refractivity contribution in [1.29, 1.82) is 0 Å². The van der Waals surface area contributed by atoms with E-state index in [4.69, 9.17) is 0 Å². The van der Waals surface area contributed by atoms with Crippen LogP contribution in [-0.4, -0.2) is 10.8 Å². The Kier molecular flexibility index (Phi) is 4.24. The molecule has 1 aromatic heterocycles. The molecule has 0 radical (unpaired) electrons. The van der Waals surface area contributed by atoms with Crippen LogP contribution < -0.4 is 0 Å². The van der Waals surface area contributed by atoms with Crippen molar-refractivity contribution in [2.45, 2.75) is 26.2 Å². The van der Waals surface area contributed by atoms with E-state index in [1.807, 2.05) is 36.4 Å². The Morgan fingerprint density at radius 3 is 2.78 bits per heavy atom. The lowest BCUT2D eigenvalue weighted by Gasteiger charge is -2.03. The fraction of sp³-hybridized carbons (Fsp3) is 0.250. The van der Waals surface area contributed by atoms with Crippen molar-refractivity contribution in [3.63, 3.8) is 0 Å². The molecule has 0 saturated heterocycles. The number of carbonyl (C=O) groups is 1. The van der Waals surface area contributed by atoms with Crippen LogP contribution in [0, 0.1) is 0 Å². The van der Waals surface area contributed by atoms with E-state index in [9.17, 15) is 4.79 Å². The maximum absolute atomic E-state index is 12.1. The largest absolute Gasteiger partial charge is 0.294 e. The molecular weight excluding hydrogens is 222 g/mol. The van der Waals surface area contributed by atoms with E-state index in [0.717, 1.165) is 24.1 Å². The smallest absolute Gasteiger partial charge is 0.168 e. The van der Waals surface area contributed by atoms with Crippen LogP contribution in [0.1, 0.15) is 35.0 Å². The monoisotopic (exact) mass is 239 g/mol. The van der Waals surface area contributed by atoms with Gasteiger partial charge in [0, 0.05) is 17.5 Å². The Hall–Kier alpha value is -1.96. The molecule has 0 atom stereocenters. The fourth-order valence-electron chi connectivity index (χ4n) is 1.96. The van der Waals surface area contributed by atoms with Crippen LogP contribution in [-0.2, 0) is 12.8 Å². The number of aryl methyl sites for hydroxylation is 1. The SMILES string of the molecule is CCCc1cccc(C(=O)Cc2ccccn2)c1. The number of hydrogen-bond acceptors (Lipinski definition) is 2. The second-order valence-corrected chi connectivity index (χ2v) is 4.37. The van der Waals surface area contributed by atoms with E-state index >= 15 is 0 Å². The zero-order valence-electron chi connectivity index (χ0n) is 10.6. The molecule has 0 fully saturated rings. The van der Waals surface area contributed by atoms with Crippen LogP contribution in [0.5, 0.6) is 0 Å².